The van der Waals surface area contributed by atoms with Gasteiger partial charge in [0.25, 0.3) is 0 Å². The molecule has 6 heteroatoms. The Morgan fingerprint density at radius 3 is 2.80 bits per heavy atom. The molecule has 1 aromatic rings. The molecule has 4 nitrogen and oxygen atoms in total. The van der Waals surface area contributed by atoms with Crippen molar-refractivity contribution >= 4 is 40.7 Å². The average Bonchev–Trinajstić information content (AvgIpc) is 2.55. The molecule has 0 saturated carbocycles. The van der Waals surface area contributed by atoms with E-state index >= 15 is 0 Å². The van der Waals surface area contributed by atoms with Crippen LogP contribution in [0, 0.1) is 0 Å². The van der Waals surface area contributed by atoms with E-state index in [1.807, 2.05) is 6.92 Å². The third kappa shape index (κ3) is 3.07. The van der Waals surface area contributed by atoms with Gasteiger partial charge in [-0.2, -0.15) is 0 Å². The third-order valence-electron chi connectivity index (χ3n) is 3.26. The molecule has 1 aliphatic heterocycles. The van der Waals surface area contributed by atoms with Crippen molar-refractivity contribution in [3.63, 3.8) is 0 Å². The van der Waals surface area contributed by atoms with Gasteiger partial charge in [-0.15, -0.1) is 0 Å². The number of hydrogen-bond donors (Lipinski definition) is 1. The molecule has 0 aromatic heterocycles. The summed E-state index contributed by atoms with van der Waals surface area (Å²) in [5, 5.41) is 3.49. The topological polar surface area (TPSA) is 49.4 Å². The number of rotatable bonds is 3. The number of hydrogen-bond acceptors (Lipinski definition) is 2. The first-order valence-corrected chi connectivity index (χ1v) is 7.35. The van der Waals surface area contributed by atoms with Crippen LogP contribution in [0.5, 0.6) is 0 Å². The summed E-state index contributed by atoms with van der Waals surface area (Å²) < 4.78 is 0. The van der Waals surface area contributed by atoms with Crippen LogP contribution in [0.4, 0.5) is 5.69 Å². The Kier molecular flexibility index (Phi) is 4.89. The van der Waals surface area contributed by atoms with E-state index in [0.29, 0.717) is 28.7 Å². The molecule has 0 spiro atoms. The summed E-state index contributed by atoms with van der Waals surface area (Å²) in [5.41, 5.74) is 0.557. The Hall–Kier alpha value is -1.26. The van der Waals surface area contributed by atoms with E-state index in [-0.39, 0.29) is 18.2 Å². The maximum Gasteiger partial charge on any atom is 0.249 e. The summed E-state index contributed by atoms with van der Waals surface area (Å²) >= 11 is 12.2. The molecule has 1 aromatic carbocycles. The average molecular weight is 315 g/mol. The Balaban J connectivity index is 2.36. The lowest BCUT2D eigenvalue weighted by Gasteiger charge is -2.25. The first kappa shape index (κ1) is 15.1. The van der Waals surface area contributed by atoms with E-state index < -0.39 is 6.04 Å². The molecule has 1 N–H and O–H groups in total. The van der Waals surface area contributed by atoms with Gasteiger partial charge < -0.3 is 10.2 Å². The fraction of sp³-hybridized carbons (Fsp3) is 0.429. The maximum atomic E-state index is 12.6. The van der Waals surface area contributed by atoms with Crippen molar-refractivity contribution < 1.29 is 9.59 Å². The first-order valence-electron chi connectivity index (χ1n) is 6.59. The van der Waals surface area contributed by atoms with Crippen LogP contribution in [-0.2, 0) is 9.59 Å². The van der Waals surface area contributed by atoms with Crippen molar-refractivity contribution in [2.45, 2.75) is 32.2 Å². The van der Waals surface area contributed by atoms with E-state index in [0.717, 1.165) is 6.42 Å². The standard InChI is InChI=1S/C14H16Cl2N2O2/c1-2-4-10-14(20)18(8-7-12(19)17-10)11-6-3-5-9(15)13(11)16/h3,5-6,10H,2,4,7-8H2,1H3,(H,17,19). The number of carbonyl (C=O) groups is 2. The van der Waals surface area contributed by atoms with Gasteiger partial charge in [-0.3, -0.25) is 9.59 Å². The number of nitrogens with one attached hydrogen (secondary N) is 1. The molecular formula is C14H16Cl2N2O2. The number of carbonyl (C=O) groups excluding carboxylic acids is 2. The van der Waals surface area contributed by atoms with Crippen molar-refractivity contribution in [3.8, 4) is 0 Å². The van der Waals surface area contributed by atoms with Crippen LogP contribution >= 0.6 is 23.2 Å². The van der Waals surface area contributed by atoms with Crippen molar-refractivity contribution in [1.82, 2.24) is 5.32 Å². The van der Waals surface area contributed by atoms with Gasteiger partial charge in [-0.05, 0) is 18.6 Å². The predicted molar refractivity (Wildman–Crippen MR) is 80.3 cm³/mol. The highest BCUT2D eigenvalue weighted by atomic mass is 35.5. The van der Waals surface area contributed by atoms with Crippen LogP contribution in [0.3, 0.4) is 0 Å². The zero-order valence-corrected chi connectivity index (χ0v) is 12.7. The Bertz CT molecular complexity index is 534. The van der Waals surface area contributed by atoms with Crippen LogP contribution < -0.4 is 10.2 Å². The van der Waals surface area contributed by atoms with Crippen LogP contribution in [-0.4, -0.2) is 24.4 Å². The minimum atomic E-state index is -0.495. The van der Waals surface area contributed by atoms with Crippen LogP contribution in [0.2, 0.25) is 10.0 Å². The van der Waals surface area contributed by atoms with Gasteiger partial charge in [0.05, 0.1) is 15.7 Å². The van der Waals surface area contributed by atoms with E-state index in [4.69, 9.17) is 23.2 Å². The fourth-order valence-electron chi connectivity index (χ4n) is 2.26. The van der Waals surface area contributed by atoms with E-state index in [2.05, 4.69) is 5.32 Å². The maximum absolute atomic E-state index is 12.6. The summed E-state index contributed by atoms with van der Waals surface area (Å²) in [7, 11) is 0. The Labute approximate surface area is 128 Å². The van der Waals surface area contributed by atoms with Crippen molar-refractivity contribution in [2.24, 2.45) is 0 Å². The molecule has 1 fully saturated rings. The highest BCUT2D eigenvalue weighted by Crippen LogP contribution is 2.33. The minimum Gasteiger partial charge on any atom is -0.344 e. The quantitative estimate of drug-likeness (QED) is 0.932. The highest BCUT2D eigenvalue weighted by Gasteiger charge is 2.31. The SMILES string of the molecule is CCCC1NC(=O)CCN(c2cccc(Cl)c2Cl)C1=O. The predicted octanol–water partition coefficient (Wildman–Crippen LogP) is 3.02. The van der Waals surface area contributed by atoms with Gasteiger partial charge in [0.1, 0.15) is 6.04 Å². The van der Waals surface area contributed by atoms with Gasteiger partial charge in [-0.25, -0.2) is 0 Å². The van der Waals surface area contributed by atoms with Gasteiger partial charge in [0, 0.05) is 13.0 Å². The molecule has 2 rings (SSSR count). The number of nitrogens with zero attached hydrogens (tertiary/aromatic N) is 1. The summed E-state index contributed by atoms with van der Waals surface area (Å²) in [6, 6.07) is 4.66. The zero-order valence-electron chi connectivity index (χ0n) is 11.2. The molecule has 0 bridgehead atoms. The monoisotopic (exact) mass is 314 g/mol. The summed E-state index contributed by atoms with van der Waals surface area (Å²) in [4.78, 5) is 25.8. The van der Waals surface area contributed by atoms with Crippen LogP contribution in [0.15, 0.2) is 18.2 Å². The molecule has 1 atom stereocenters. The highest BCUT2D eigenvalue weighted by molar-refractivity contribution is 6.44. The molecule has 1 aliphatic rings. The molecule has 0 radical (unpaired) electrons. The molecule has 2 amide bonds. The van der Waals surface area contributed by atoms with Crippen molar-refractivity contribution in [3.05, 3.63) is 28.2 Å². The zero-order chi connectivity index (χ0) is 14.7. The summed E-state index contributed by atoms with van der Waals surface area (Å²) in [6.45, 7) is 2.28. The van der Waals surface area contributed by atoms with E-state index in [1.165, 1.54) is 0 Å². The van der Waals surface area contributed by atoms with Gasteiger partial charge in [0.15, 0.2) is 0 Å². The van der Waals surface area contributed by atoms with Crippen LogP contribution in [0.25, 0.3) is 0 Å². The Morgan fingerprint density at radius 1 is 1.35 bits per heavy atom. The largest absolute Gasteiger partial charge is 0.344 e. The second-order valence-corrected chi connectivity index (χ2v) is 5.51. The lowest BCUT2D eigenvalue weighted by Crippen LogP contribution is -2.44. The van der Waals surface area contributed by atoms with E-state index in [9.17, 15) is 9.59 Å². The molecule has 0 aliphatic carbocycles. The molecule has 108 valence electrons. The Morgan fingerprint density at radius 2 is 2.10 bits per heavy atom. The molecule has 1 unspecified atom stereocenters. The molecular weight excluding hydrogens is 299 g/mol. The first-order chi connectivity index (χ1) is 9.54. The van der Waals surface area contributed by atoms with Crippen molar-refractivity contribution in [2.75, 3.05) is 11.4 Å². The third-order valence-corrected chi connectivity index (χ3v) is 4.07. The normalized spacial score (nSPS) is 19.8. The second kappa shape index (κ2) is 6.46. The lowest BCUT2D eigenvalue weighted by atomic mass is 10.1. The summed E-state index contributed by atoms with van der Waals surface area (Å²) in [6.07, 6.45) is 1.68. The lowest BCUT2D eigenvalue weighted by molar-refractivity contribution is -0.125. The fourth-order valence-corrected chi connectivity index (χ4v) is 2.66. The molecule has 20 heavy (non-hydrogen) atoms. The molecule has 1 heterocycles. The number of amides is 2. The smallest absolute Gasteiger partial charge is 0.249 e. The van der Waals surface area contributed by atoms with Gasteiger partial charge in [0.2, 0.25) is 11.8 Å². The van der Waals surface area contributed by atoms with E-state index in [1.54, 1.807) is 23.1 Å². The van der Waals surface area contributed by atoms with Crippen molar-refractivity contribution in [1.29, 1.82) is 0 Å². The summed E-state index contributed by atoms with van der Waals surface area (Å²) in [5.74, 6) is -0.251. The minimum absolute atomic E-state index is 0.113. The van der Waals surface area contributed by atoms with Gasteiger partial charge >= 0.3 is 0 Å². The number of benzene rings is 1. The second-order valence-electron chi connectivity index (χ2n) is 4.72. The number of halogens is 2. The number of anilines is 1. The van der Waals surface area contributed by atoms with Gasteiger partial charge in [-0.1, -0.05) is 42.6 Å². The molecule has 1 saturated heterocycles. The van der Waals surface area contributed by atoms with Crippen LogP contribution in [0.1, 0.15) is 26.2 Å².